The van der Waals surface area contributed by atoms with Gasteiger partial charge in [-0.1, -0.05) is 27.0 Å². The summed E-state index contributed by atoms with van der Waals surface area (Å²) in [4.78, 5) is 0. The van der Waals surface area contributed by atoms with E-state index in [9.17, 15) is 0 Å². The van der Waals surface area contributed by atoms with Gasteiger partial charge in [0.05, 0.1) is 7.11 Å². The molecule has 0 amide bonds. The van der Waals surface area contributed by atoms with E-state index in [0.29, 0.717) is 5.92 Å². The molecule has 1 nitrogen and oxygen atoms in total. The van der Waals surface area contributed by atoms with E-state index >= 15 is 0 Å². The van der Waals surface area contributed by atoms with E-state index in [1.54, 1.807) is 13.2 Å². The summed E-state index contributed by atoms with van der Waals surface area (Å²) in [5, 5.41) is 0. The van der Waals surface area contributed by atoms with Crippen LogP contribution < -0.4 is 0 Å². The van der Waals surface area contributed by atoms with Gasteiger partial charge >= 0.3 is 0 Å². The van der Waals surface area contributed by atoms with Crippen LogP contribution in [0.15, 0.2) is 36.6 Å². The molecule has 0 aromatic rings. The Morgan fingerprint density at radius 1 is 1.45 bits per heavy atom. The normalized spacial score (nSPS) is 11.5. The highest BCUT2D eigenvalue weighted by molar-refractivity contribution is 5.24. The largest absolute Gasteiger partial charge is 0.497 e. The fourth-order valence-corrected chi connectivity index (χ4v) is 0.551. The van der Waals surface area contributed by atoms with Gasteiger partial charge in [-0.15, -0.1) is 0 Å². The standard InChI is InChI=1S/C10H16O/c1-6-10(11-5)7-9(4)8(2)3/h6-8H,1,4H2,2-3,5H3/b10-7+. The first-order valence-electron chi connectivity index (χ1n) is 3.68. The smallest absolute Gasteiger partial charge is 0.118 e. The Bertz CT molecular complexity index is 175. The molecule has 0 aromatic carbocycles. The second-order valence-electron chi connectivity index (χ2n) is 2.68. The Labute approximate surface area is 69.1 Å². The van der Waals surface area contributed by atoms with Crippen LogP contribution in [0.3, 0.4) is 0 Å². The van der Waals surface area contributed by atoms with Gasteiger partial charge in [-0.2, -0.15) is 0 Å². The summed E-state index contributed by atoms with van der Waals surface area (Å²) in [6, 6.07) is 0. The van der Waals surface area contributed by atoms with Gasteiger partial charge in [0.2, 0.25) is 0 Å². The lowest BCUT2D eigenvalue weighted by atomic mass is 10.0. The summed E-state index contributed by atoms with van der Waals surface area (Å²) in [7, 11) is 1.63. The summed E-state index contributed by atoms with van der Waals surface area (Å²) in [6.07, 6.45) is 3.57. The average molecular weight is 152 g/mol. The van der Waals surface area contributed by atoms with Gasteiger partial charge in [0.1, 0.15) is 5.76 Å². The summed E-state index contributed by atoms with van der Waals surface area (Å²) in [5.74, 6) is 1.23. The van der Waals surface area contributed by atoms with Crippen LogP contribution in [0.1, 0.15) is 13.8 Å². The second-order valence-corrected chi connectivity index (χ2v) is 2.68. The van der Waals surface area contributed by atoms with Crippen molar-refractivity contribution in [3.8, 4) is 0 Å². The number of methoxy groups -OCH3 is 1. The van der Waals surface area contributed by atoms with Gasteiger partial charge in [0, 0.05) is 0 Å². The summed E-state index contributed by atoms with van der Waals surface area (Å²) in [6.45, 7) is 11.7. The molecule has 0 bridgehead atoms. The minimum Gasteiger partial charge on any atom is -0.497 e. The third-order valence-corrected chi connectivity index (χ3v) is 1.51. The maximum atomic E-state index is 5.00. The molecule has 0 aliphatic carbocycles. The van der Waals surface area contributed by atoms with Crippen LogP contribution in [0.4, 0.5) is 0 Å². The molecule has 0 aliphatic rings. The Hall–Kier alpha value is -0.980. The molecule has 11 heavy (non-hydrogen) atoms. The summed E-state index contributed by atoms with van der Waals surface area (Å²) in [5.41, 5.74) is 1.06. The zero-order valence-corrected chi connectivity index (χ0v) is 7.55. The van der Waals surface area contributed by atoms with Crippen molar-refractivity contribution in [1.29, 1.82) is 0 Å². The van der Waals surface area contributed by atoms with Crippen molar-refractivity contribution in [2.75, 3.05) is 7.11 Å². The predicted molar refractivity (Wildman–Crippen MR) is 49.3 cm³/mol. The number of hydrogen-bond acceptors (Lipinski definition) is 1. The molecule has 0 atom stereocenters. The highest BCUT2D eigenvalue weighted by Gasteiger charge is 1.97. The van der Waals surface area contributed by atoms with Crippen molar-refractivity contribution in [3.63, 3.8) is 0 Å². The van der Waals surface area contributed by atoms with Crippen molar-refractivity contribution < 1.29 is 4.74 Å². The molecule has 0 spiro atoms. The Balaban J connectivity index is 4.26. The molecule has 0 aliphatic heterocycles. The van der Waals surface area contributed by atoms with E-state index in [1.807, 2.05) is 6.08 Å². The van der Waals surface area contributed by atoms with Crippen LogP contribution in [0.2, 0.25) is 0 Å². The molecule has 0 radical (unpaired) electrons. The number of hydrogen-bond donors (Lipinski definition) is 0. The van der Waals surface area contributed by atoms with E-state index in [1.165, 1.54) is 0 Å². The van der Waals surface area contributed by atoms with Gasteiger partial charge in [0.15, 0.2) is 0 Å². The van der Waals surface area contributed by atoms with Crippen LogP contribution in [0.5, 0.6) is 0 Å². The fourth-order valence-electron chi connectivity index (χ4n) is 0.551. The average Bonchev–Trinajstić information content (AvgIpc) is 1.99. The van der Waals surface area contributed by atoms with Gasteiger partial charge in [-0.3, -0.25) is 0 Å². The molecule has 62 valence electrons. The Kier molecular flexibility index (Phi) is 4.35. The van der Waals surface area contributed by atoms with Crippen LogP contribution in [0, 0.1) is 5.92 Å². The first-order chi connectivity index (χ1) is 5.11. The summed E-state index contributed by atoms with van der Waals surface area (Å²) < 4.78 is 5.00. The number of rotatable bonds is 4. The lowest BCUT2D eigenvalue weighted by molar-refractivity contribution is 0.306. The lowest BCUT2D eigenvalue weighted by Gasteiger charge is -2.05. The van der Waals surface area contributed by atoms with E-state index in [4.69, 9.17) is 4.74 Å². The highest BCUT2D eigenvalue weighted by Crippen LogP contribution is 2.11. The van der Waals surface area contributed by atoms with Gasteiger partial charge in [-0.05, 0) is 23.6 Å². The molecule has 0 saturated carbocycles. The molecule has 0 rings (SSSR count). The Morgan fingerprint density at radius 3 is 2.27 bits per heavy atom. The lowest BCUT2D eigenvalue weighted by Crippen LogP contribution is -1.90. The van der Waals surface area contributed by atoms with Crippen molar-refractivity contribution in [3.05, 3.63) is 36.6 Å². The number of ether oxygens (including phenoxy) is 1. The zero-order valence-electron chi connectivity index (χ0n) is 7.55. The third-order valence-electron chi connectivity index (χ3n) is 1.51. The highest BCUT2D eigenvalue weighted by atomic mass is 16.5. The van der Waals surface area contributed by atoms with Gasteiger partial charge in [-0.25, -0.2) is 0 Å². The fraction of sp³-hybridized carbons (Fsp3) is 0.400. The van der Waals surface area contributed by atoms with E-state index in [2.05, 4.69) is 27.0 Å². The molecular formula is C10H16O. The van der Waals surface area contributed by atoms with E-state index in [0.717, 1.165) is 11.3 Å². The predicted octanol–water partition coefficient (Wildman–Crippen LogP) is 2.91. The monoisotopic (exact) mass is 152 g/mol. The Morgan fingerprint density at radius 2 is 2.00 bits per heavy atom. The molecule has 1 heteroatoms. The van der Waals surface area contributed by atoms with E-state index in [-0.39, 0.29) is 0 Å². The van der Waals surface area contributed by atoms with Crippen molar-refractivity contribution in [2.24, 2.45) is 5.92 Å². The van der Waals surface area contributed by atoms with Crippen molar-refractivity contribution in [2.45, 2.75) is 13.8 Å². The van der Waals surface area contributed by atoms with Crippen LogP contribution in [-0.2, 0) is 4.74 Å². The minimum absolute atomic E-state index is 0.458. The van der Waals surface area contributed by atoms with Crippen LogP contribution in [0.25, 0.3) is 0 Å². The van der Waals surface area contributed by atoms with E-state index < -0.39 is 0 Å². The third kappa shape index (κ3) is 3.66. The second kappa shape index (κ2) is 4.78. The SMILES string of the molecule is C=C/C(=C\C(=C)C(C)C)OC. The topological polar surface area (TPSA) is 9.23 Å². The van der Waals surface area contributed by atoms with Crippen LogP contribution in [-0.4, -0.2) is 7.11 Å². The minimum atomic E-state index is 0.458. The van der Waals surface area contributed by atoms with Gasteiger partial charge in [0.25, 0.3) is 0 Å². The quantitative estimate of drug-likeness (QED) is 0.444. The molecule has 0 unspecified atom stereocenters. The molecule has 0 fully saturated rings. The molecule has 0 heterocycles. The first kappa shape index (κ1) is 10.0. The van der Waals surface area contributed by atoms with Crippen molar-refractivity contribution >= 4 is 0 Å². The maximum absolute atomic E-state index is 5.00. The number of allylic oxidation sites excluding steroid dienone is 3. The molecule has 0 N–H and O–H groups in total. The summed E-state index contributed by atoms with van der Waals surface area (Å²) >= 11 is 0. The first-order valence-corrected chi connectivity index (χ1v) is 3.68. The molecule has 0 saturated heterocycles. The maximum Gasteiger partial charge on any atom is 0.118 e. The van der Waals surface area contributed by atoms with Gasteiger partial charge < -0.3 is 4.74 Å². The molecule has 0 aromatic heterocycles. The van der Waals surface area contributed by atoms with Crippen LogP contribution >= 0.6 is 0 Å². The zero-order chi connectivity index (χ0) is 8.85. The molecular weight excluding hydrogens is 136 g/mol. The van der Waals surface area contributed by atoms with Crippen molar-refractivity contribution in [1.82, 2.24) is 0 Å².